The summed E-state index contributed by atoms with van der Waals surface area (Å²) in [7, 11) is -2.97. The van der Waals surface area contributed by atoms with Crippen LogP contribution in [0.15, 0.2) is 48.5 Å². The number of aryl methyl sites for hydroxylation is 1. The first kappa shape index (κ1) is 18.3. The topological polar surface area (TPSA) is 34.9 Å². The van der Waals surface area contributed by atoms with E-state index in [9.17, 15) is 4.57 Å². The first-order valence-corrected chi connectivity index (χ1v) is 9.79. The van der Waals surface area contributed by atoms with Gasteiger partial charge in [-0.2, -0.15) is 0 Å². The molecule has 0 aliphatic carbocycles. The zero-order valence-electron chi connectivity index (χ0n) is 14.7. The third-order valence-electron chi connectivity index (χ3n) is 5.20. The van der Waals surface area contributed by atoms with Gasteiger partial charge < -0.3 is 4.34 Å². The van der Waals surface area contributed by atoms with Crippen molar-refractivity contribution in [2.75, 3.05) is 0 Å². The zero-order valence-corrected chi connectivity index (χ0v) is 18.0. The van der Waals surface area contributed by atoms with E-state index in [0.717, 1.165) is 33.6 Å². The van der Waals surface area contributed by atoms with Crippen LogP contribution in [-0.2, 0) is 29.8 Å². The Morgan fingerprint density at radius 2 is 1.76 bits per heavy atom. The summed E-state index contributed by atoms with van der Waals surface area (Å²) in [5.74, 6) is 0.770. The summed E-state index contributed by atoms with van der Waals surface area (Å²) in [6.45, 7) is 8.13. The Morgan fingerprint density at radius 3 is 2.44 bits per heavy atom. The van der Waals surface area contributed by atoms with Gasteiger partial charge >= 0.3 is 0 Å². The van der Waals surface area contributed by atoms with E-state index in [1.807, 2.05) is 60.6 Å². The van der Waals surface area contributed by atoms with Gasteiger partial charge in [-0.25, -0.2) is 0 Å². The van der Waals surface area contributed by atoms with Gasteiger partial charge in [-0.05, 0) is 26.0 Å². The fourth-order valence-electron chi connectivity index (χ4n) is 3.72. The maximum Gasteiger partial charge on any atom is 0.199 e. The molecule has 25 heavy (non-hydrogen) atoms. The van der Waals surface area contributed by atoms with Gasteiger partial charge in [0.25, 0.3) is 0 Å². The van der Waals surface area contributed by atoms with Gasteiger partial charge in [-0.15, -0.1) is 35.4 Å². The van der Waals surface area contributed by atoms with E-state index in [1.54, 1.807) is 0 Å². The molecule has 1 aliphatic heterocycles. The molecule has 0 spiro atoms. The number of imidazole rings is 1. The number of benzene rings is 2. The van der Waals surface area contributed by atoms with Crippen molar-refractivity contribution < 1.29 is 24.7 Å². The Labute approximate surface area is 162 Å². The van der Waals surface area contributed by atoms with Crippen LogP contribution < -0.4 is 5.30 Å². The second kappa shape index (κ2) is 6.05. The molecule has 3 nitrogen and oxygen atoms in total. The van der Waals surface area contributed by atoms with Crippen molar-refractivity contribution in [2.45, 2.75) is 32.9 Å². The van der Waals surface area contributed by atoms with Crippen LogP contribution in [0.2, 0.25) is 0 Å². The monoisotopic (exact) mass is 528 g/mol. The molecule has 1 radical (unpaired) electrons. The summed E-state index contributed by atoms with van der Waals surface area (Å²) in [6.07, 6.45) is 0. The Bertz CT molecular complexity index is 992. The van der Waals surface area contributed by atoms with Crippen LogP contribution in [0.3, 0.4) is 0 Å². The smallest absolute Gasteiger partial charge is 0.199 e. The molecule has 0 bridgehead atoms. The molecule has 1 aliphatic rings. The Kier molecular flexibility index (Phi) is 4.44. The van der Waals surface area contributed by atoms with Gasteiger partial charge in [0.1, 0.15) is 0 Å². The fourth-order valence-corrected chi connectivity index (χ4v) is 7.16. The standard InChI is InChI=1S/C20H20N2OP.Ir/c1-14-15(2)22-19(21-14)17-12-8-9-13-18(17)20(3,4)24(22,23)16-10-6-5-7-11-16;/h5-11,13H,1-4H3;/q-1;. The summed E-state index contributed by atoms with van der Waals surface area (Å²) in [4.78, 5) is 4.74. The molecule has 2 aromatic carbocycles. The van der Waals surface area contributed by atoms with Crippen molar-refractivity contribution in [3.63, 3.8) is 0 Å². The van der Waals surface area contributed by atoms with E-state index in [1.165, 1.54) is 0 Å². The van der Waals surface area contributed by atoms with Gasteiger partial charge in [-0.1, -0.05) is 32.0 Å². The average molecular weight is 528 g/mol. The SMILES string of the molecule is Cc1nc2n(c1C)P(=O)(c1ccccc1)C(C)(C)c1ccc[c-]c1-2.[Ir]. The van der Waals surface area contributed by atoms with E-state index in [-0.39, 0.29) is 20.1 Å². The summed E-state index contributed by atoms with van der Waals surface area (Å²) in [5.41, 5.74) is 3.89. The van der Waals surface area contributed by atoms with Crippen LogP contribution in [0.5, 0.6) is 0 Å². The minimum Gasteiger partial charge on any atom is -0.314 e. The third-order valence-corrected chi connectivity index (χ3v) is 9.01. The molecule has 5 heteroatoms. The molecule has 1 atom stereocenters. The number of hydrogen-bond acceptors (Lipinski definition) is 2. The van der Waals surface area contributed by atoms with Crippen molar-refractivity contribution in [1.29, 1.82) is 0 Å². The molecule has 4 rings (SSSR count). The van der Waals surface area contributed by atoms with Gasteiger partial charge in [-0.3, -0.25) is 9.55 Å². The van der Waals surface area contributed by atoms with Crippen molar-refractivity contribution in [2.24, 2.45) is 0 Å². The largest absolute Gasteiger partial charge is 0.314 e. The van der Waals surface area contributed by atoms with E-state index in [4.69, 9.17) is 4.98 Å². The molecule has 1 aromatic heterocycles. The molecule has 131 valence electrons. The number of rotatable bonds is 1. The number of nitrogens with zero attached hydrogens (tertiary/aromatic N) is 2. The fraction of sp³-hybridized carbons (Fsp3) is 0.250. The summed E-state index contributed by atoms with van der Waals surface area (Å²) in [6, 6.07) is 19.1. The summed E-state index contributed by atoms with van der Waals surface area (Å²) >= 11 is 0. The van der Waals surface area contributed by atoms with E-state index < -0.39 is 12.4 Å². The number of aromatic nitrogens is 2. The predicted octanol–water partition coefficient (Wildman–Crippen LogP) is 4.67. The van der Waals surface area contributed by atoms with Gasteiger partial charge in [0.15, 0.2) is 7.29 Å². The Hall–Kier alpha value is -1.47. The summed E-state index contributed by atoms with van der Waals surface area (Å²) in [5, 5.41) is 0.332. The molecule has 1 unspecified atom stereocenters. The Balaban J connectivity index is 0.00000182. The van der Waals surface area contributed by atoms with E-state index >= 15 is 0 Å². The molecule has 0 saturated carbocycles. The molecular weight excluding hydrogens is 507 g/mol. The minimum atomic E-state index is -2.97. The number of hydrogen-bond donors (Lipinski definition) is 0. The molecule has 2 heterocycles. The Morgan fingerprint density at radius 1 is 1.08 bits per heavy atom. The normalized spacial score (nSPS) is 20.3. The van der Waals surface area contributed by atoms with Gasteiger partial charge in [0, 0.05) is 42.0 Å². The number of fused-ring (bicyclic) bond motifs is 3. The third kappa shape index (κ3) is 2.28. The van der Waals surface area contributed by atoms with E-state index in [0.29, 0.717) is 0 Å². The quantitative estimate of drug-likeness (QED) is 0.341. The minimum absolute atomic E-state index is 0. The van der Waals surface area contributed by atoms with Crippen molar-refractivity contribution in [3.05, 3.63) is 71.5 Å². The van der Waals surface area contributed by atoms with Crippen LogP contribution >= 0.6 is 7.29 Å². The maximum atomic E-state index is 14.6. The average Bonchev–Trinajstić information content (AvgIpc) is 2.90. The predicted molar refractivity (Wildman–Crippen MR) is 98.1 cm³/mol. The first-order valence-electron chi connectivity index (χ1n) is 8.13. The van der Waals surface area contributed by atoms with Crippen LogP contribution in [0.1, 0.15) is 30.8 Å². The molecular formula is C20H20IrN2OP-. The van der Waals surface area contributed by atoms with Crippen molar-refractivity contribution in [3.8, 4) is 11.4 Å². The van der Waals surface area contributed by atoms with Crippen molar-refractivity contribution >= 4 is 12.6 Å². The molecule has 0 N–H and O–H groups in total. The zero-order chi connectivity index (χ0) is 17.1. The molecule has 0 saturated heterocycles. The van der Waals surface area contributed by atoms with Gasteiger partial charge in [0.05, 0.1) is 5.82 Å². The molecule has 3 aromatic rings. The molecule has 0 amide bonds. The maximum absolute atomic E-state index is 14.6. The van der Waals surface area contributed by atoms with Crippen LogP contribution in [-0.4, -0.2) is 9.32 Å². The summed E-state index contributed by atoms with van der Waals surface area (Å²) < 4.78 is 16.6. The second-order valence-corrected chi connectivity index (χ2v) is 10.0. The second-order valence-electron chi connectivity index (χ2n) is 6.85. The molecule has 0 fully saturated rings. The van der Waals surface area contributed by atoms with E-state index in [2.05, 4.69) is 26.0 Å². The van der Waals surface area contributed by atoms with Crippen molar-refractivity contribution in [1.82, 2.24) is 9.32 Å². The van der Waals surface area contributed by atoms with Crippen LogP contribution in [0.4, 0.5) is 0 Å². The first-order chi connectivity index (χ1) is 11.4. The van der Waals surface area contributed by atoms with Crippen LogP contribution in [0.25, 0.3) is 11.4 Å². The van der Waals surface area contributed by atoms with Gasteiger partial charge in [0.2, 0.25) is 0 Å². The van der Waals surface area contributed by atoms with Crippen LogP contribution in [0, 0.1) is 19.9 Å².